The lowest BCUT2D eigenvalue weighted by Crippen LogP contribution is -2.22. The van der Waals surface area contributed by atoms with E-state index in [4.69, 9.17) is 14.7 Å². The van der Waals surface area contributed by atoms with E-state index in [1.807, 2.05) is 48.5 Å². The second-order valence-corrected chi connectivity index (χ2v) is 6.92. The van der Waals surface area contributed by atoms with E-state index in [-0.39, 0.29) is 0 Å². The molecule has 0 spiro atoms. The third-order valence-electron chi connectivity index (χ3n) is 4.78. The topological polar surface area (TPSA) is 71.4 Å². The normalized spacial score (nSPS) is 11.1. The zero-order chi connectivity index (χ0) is 22.1. The number of anilines is 1. The molecular weight excluding hydrogens is 388 g/mol. The molecule has 0 fully saturated rings. The van der Waals surface area contributed by atoms with E-state index in [0.29, 0.717) is 24.3 Å². The molecule has 31 heavy (non-hydrogen) atoms. The van der Waals surface area contributed by atoms with E-state index in [1.165, 1.54) is 7.11 Å². The first-order chi connectivity index (χ1) is 15.1. The van der Waals surface area contributed by atoms with E-state index in [9.17, 15) is 4.79 Å². The fraction of sp³-hybridized carbons (Fsp3) is 0.154. The molecule has 1 atom stereocenters. The van der Waals surface area contributed by atoms with Crippen LogP contribution in [0.4, 0.5) is 5.69 Å². The Morgan fingerprint density at radius 2 is 1.87 bits per heavy atom. The summed E-state index contributed by atoms with van der Waals surface area (Å²) in [6.45, 7) is 4.29. The highest BCUT2D eigenvalue weighted by Crippen LogP contribution is 2.28. The van der Waals surface area contributed by atoms with Crippen molar-refractivity contribution >= 4 is 11.7 Å². The maximum absolute atomic E-state index is 12.5. The van der Waals surface area contributed by atoms with E-state index in [0.717, 1.165) is 22.4 Å². The zero-order valence-corrected chi connectivity index (χ0v) is 17.4. The maximum Gasteiger partial charge on any atom is 0.332 e. The van der Waals surface area contributed by atoms with Gasteiger partial charge in [-0.2, -0.15) is 5.26 Å². The largest absolute Gasteiger partial charge is 0.489 e. The predicted molar refractivity (Wildman–Crippen MR) is 121 cm³/mol. The monoisotopic (exact) mass is 412 g/mol. The second kappa shape index (κ2) is 10.7. The van der Waals surface area contributed by atoms with Gasteiger partial charge in [0.05, 0.1) is 18.7 Å². The molecule has 1 N–H and O–H groups in total. The van der Waals surface area contributed by atoms with Gasteiger partial charge in [-0.3, -0.25) is 0 Å². The highest BCUT2D eigenvalue weighted by Gasteiger charge is 2.22. The minimum Gasteiger partial charge on any atom is -0.489 e. The van der Waals surface area contributed by atoms with Crippen molar-refractivity contribution in [2.45, 2.75) is 19.1 Å². The molecule has 3 aromatic rings. The summed E-state index contributed by atoms with van der Waals surface area (Å²) in [5, 5.41) is 12.2. The summed E-state index contributed by atoms with van der Waals surface area (Å²) in [5.41, 5.74) is 4.02. The minimum atomic E-state index is -0.704. The average Bonchev–Trinajstić information content (AvgIpc) is 2.82. The van der Waals surface area contributed by atoms with Crippen molar-refractivity contribution in [3.8, 4) is 11.8 Å². The van der Waals surface area contributed by atoms with Crippen molar-refractivity contribution in [3.63, 3.8) is 0 Å². The molecule has 0 radical (unpaired) electrons. The summed E-state index contributed by atoms with van der Waals surface area (Å²) in [6.07, 6.45) is 2.40. The van der Waals surface area contributed by atoms with Crippen LogP contribution in [0.15, 0.2) is 85.5 Å². The summed E-state index contributed by atoms with van der Waals surface area (Å²) >= 11 is 0. The number of esters is 1. The third-order valence-corrected chi connectivity index (χ3v) is 4.78. The van der Waals surface area contributed by atoms with Gasteiger partial charge >= 0.3 is 5.97 Å². The van der Waals surface area contributed by atoms with Crippen LogP contribution in [0.3, 0.4) is 0 Å². The lowest BCUT2D eigenvalue weighted by atomic mass is 10.0. The van der Waals surface area contributed by atoms with Gasteiger partial charge in [-0.25, -0.2) is 4.79 Å². The summed E-state index contributed by atoms with van der Waals surface area (Å²) in [7, 11) is 1.36. The fourth-order valence-electron chi connectivity index (χ4n) is 3.17. The Labute approximate surface area is 182 Å². The number of hydrogen-bond donors (Lipinski definition) is 1. The maximum atomic E-state index is 12.5. The number of nitriles is 1. The van der Waals surface area contributed by atoms with Crippen molar-refractivity contribution in [3.05, 3.63) is 108 Å². The number of hydrogen-bond acceptors (Lipinski definition) is 5. The number of benzene rings is 3. The molecule has 0 saturated heterocycles. The van der Waals surface area contributed by atoms with Crippen molar-refractivity contribution in [2.24, 2.45) is 0 Å². The lowest BCUT2D eigenvalue weighted by Gasteiger charge is -2.20. The molecule has 0 bridgehead atoms. The number of nitrogens with zero attached hydrogens (tertiary/aromatic N) is 1. The molecule has 5 nitrogen and oxygen atoms in total. The number of ether oxygens (including phenoxy) is 2. The van der Waals surface area contributed by atoms with Crippen LogP contribution in [-0.4, -0.2) is 13.1 Å². The molecule has 0 aliphatic rings. The quantitative estimate of drug-likeness (QED) is 0.387. The smallest absolute Gasteiger partial charge is 0.332 e. The Morgan fingerprint density at radius 3 is 2.52 bits per heavy atom. The van der Waals surface area contributed by atoms with Crippen LogP contribution in [-0.2, 0) is 22.6 Å². The van der Waals surface area contributed by atoms with Gasteiger partial charge < -0.3 is 14.8 Å². The lowest BCUT2D eigenvalue weighted by molar-refractivity contribution is -0.141. The first-order valence-corrected chi connectivity index (χ1v) is 9.89. The molecule has 1 unspecified atom stereocenters. The first-order valence-electron chi connectivity index (χ1n) is 9.89. The molecule has 0 aromatic heterocycles. The minimum absolute atomic E-state index is 0.410. The third kappa shape index (κ3) is 5.74. The summed E-state index contributed by atoms with van der Waals surface area (Å²) in [6, 6.07) is 23.9. The molecule has 0 amide bonds. The standard InChI is InChI=1S/C26H24N2O3/c1-3-7-21-16-22(12-15-24(21)31-18-20-8-5-4-6-9-20)25(26(29)30-2)28-23-13-10-19(17-27)11-14-23/h3-6,8-16,25,28H,1,7,18H2,2H3. The molecule has 0 saturated carbocycles. The van der Waals surface area contributed by atoms with Crippen molar-refractivity contribution in [1.82, 2.24) is 0 Å². The number of rotatable bonds is 9. The van der Waals surface area contributed by atoms with E-state index in [2.05, 4.69) is 18.0 Å². The SMILES string of the molecule is C=CCc1cc(C(Nc2ccc(C#N)cc2)C(=O)OC)ccc1OCc1ccccc1. The second-order valence-electron chi connectivity index (χ2n) is 6.92. The van der Waals surface area contributed by atoms with Gasteiger partial charge in [0, 0.05) is 5.69 Å². The number of carbonyl (C=O) groups is 1. The molecule has 156 valence electrons. The van der Waals surface area contributed by atoms with Crippen LogP contribution >= 0.6 is 0 Å². The van der Waals surface area contributed by atoms with E-state index >= 15 is 0 Å². The van der Waals surface area contributed by atoms with Gasteiger partial charge in [-0.05, 0) is 59.5 Å². The highest BCUT2D eigenvalue weighted by molar-refractivity contribution is 5.81. The summed E-state index contributed by atoms with van der Waals surface area (Å²) in [4.78, 5) is 12.5. The van der Waals surface area contributed by atoms with Crippen LogP contribution in [0.1, 0.15) is 28.3 Å². The Kier molecular flexibility index (Phi) is 7.45. The summed E-state index contributed by atoms with van der Waals surface area (Å²) in [5.74, 6) is 0.335. The zero-order valence-electron chi connectivity index (χ0n) is 17.4. The molecule has 0 aliphatic carbocycles. The fourth-order valence-corrected chi connectivity index (χ4v) is 3.17. The average molecular weight is 412 g/mol. The number of methoxy groups -OCH3 is 1. The molecule has 0 heterocycles. The number of nitrogens with one attached hydrogen (secondary N) is 1. The van der Waals surface area contributed by atoms with Crippen LogP contribution in [0.2, 0.25) is 0 Å². The Bertz CT molecular complexity index is 1070. The molecular formula is C26H24N2O3. The number of allylic oxidation sites excluding steroid dienone is 1. The van der Waals surface area contributed by atoms with Gasteiger partial charge in [-0.1, -0.05) is 42.5 Å². The Hall–Kier alpha value is -4.04. The van der Waals surface area contributed by atoms with E-state index in [1.54, 1.807) is 30.3 Å². The van der Waals surface area contributed by atoms with E-state index < -0.39 is 12.0 Å². The van der Waals surface area contributed by atoms with Crippen molar-refractivity contribution in [2.75, 3.05) is 12.4 Å². The summed E-state index contributed by atoms with van der Waals surface area (Å²) < 4.78 is 11.0. The molecule has 3 aromatic carbocycles. The van der Waals surface area contributed by atoms with Crippen molar-refractivity contribution in [1.29, 1.82) is 5.26 Å². The highest BCUT2D eigenvalue weighted by atomic mass is 16.5. The van der Waals surface area contributed by atoms with Crippen molar-refractivity contribution < 1.29 is 14.3 Å². The van der Waals surface area contributed by atoms with Gasteiger partial charge in [0.2, 0.25) is 0 Å². The van der Waals surface area contributed by atoms with Crippen LogP contribution in [0, 0.1) is 11.3 Å². The van der Waals surface area contributed by atoms with Gasteiger partial charge in [-0.15, -0.1) is 6.58 Å². The van der Waals surface area contributed by atoms with Crippen LogP contribution in [0.5, 0.6) is 5.75 Å². The predicted octanol–water partition coefficient (Wildman–Crippen LogP) is 5.19. The first kappa shape index (κ1) is 21.7. The Balaban J connectivity index is 1.85. The Morgan fingerprint density at radius 1 is 1.13 bits per heavy atom. The van der Waals surface area contributed by atoms with Crippen LogP contribution < -0.4 is 10.1 Å². The van der Waals surface area contributed by atoms with Gasteiger partial charge in [0.15, 0.2) is 6.04 Å². The molecule has 3 rings (SSSR count). The molecule has 0 aliphatic heterocycles. The number of carbonyl (C=O) groups excluding carboxylic acids is 1. The van der Waals surface area contributed by atoms with Gasteiger partial charge in [0.25, 0.3) is 0 Å². The van der Waals surface area contributed by atoms with Gasteiger partial charge in [0.1, 0.15) is 12.4 Å². The molecule has 5 heteroatoms. The van der Waals surface area contributed by atoms with Crippen LogP contribution in [0.25, 0.3) is 0 Å².